The first kappa shape index (κ1) is 17.3. The summed E-state index contributed by atoms with van der Waals surface area (Å²) in [6.45, 7) is 10.7. The van der Waals surface area contributed by atoms with Crippen LogP contribution in [0.5, 0.6) is 0 Å². The van der Waals surface area contributed by atoms with Crippen molar-refractivity contribution >= 4 is 0 Å². The Morgan fingerprint density at radius 3 is 1.39 bits per heavy atom. The summed E-state index contributed by atoms with van der Waals surface area (Å²) in [7, 11) is -4.94. The highest BCUT2D eigenvalue weighted by Gasteiger charge is 2.19. The molecule has 0 bridgehead atoms. The van der Waals surface area contributed by atoms with Gasteiger partial charge in [-0.1, -0.05) is 27.7 Å². The molecule has 0 amide bonds. The monoisotopic (exact) mass is 278 g/mol. The summed E-state index contributed by atoms with van der Waals surface area (Å²) in [5, 5.41) is 0. The van der Waals surface area contributed by atoms with Crippen molar-refractivity contribution in [1.82, 2.24) is 0 Å². The third-order valence-corrected chi connectivity index (χ3v) is 2.11. The number of halogens is 1. The van der Waals surface area contributed by atoms with Crippen molar-refractivity contribution in [3.05, 3.63) is 29.2 Å². The summed E-state index contributed by atoms with van der Waals surface area (Å²) >= 11 is 0. The van der Waals surface area contributed by atoms with E-state index in [0.29, 0.717) is 11.8 Å². The molecule has 0 aliphatic rings. The van der Waals surface area contributed by atoms with E-state index >= 15 is 0 Å². The Morgan fingerprint density at radius 2 is 1.17 bits per heavy atom. The Morgan fingerprint density at radius 1 is 0.889 bits per heavy atom. The molecule has 0 aliphatic heterocycles. The van der Waals surface area contributed by atoms with Crippen LogP contribution in [0.2, 0.25) is 0 Å². The summed E-state index contributed by atoms with van der Waals surface area (Å²) in [5.41, 5.74) is 1.29. The van der Waals surface area contributed by atoms with E-state index in [4.69, 9.17) is 23.1 Å². The molecule has 0 saturated heterocycles. The lowest BCUT2D eigenvalue weighted by atomic mass is 10.1. The first-order valence-electron chi connectivity index (χ1n) is 5.57. The third kappa shape index (κ3) is 8.38. The molecule has 0 atom stereocenters. The van der Waals surface area contributed by atoms with Gasteiger partial charge in [-0.3, -0.25) is 0 Å². The average Bonchev–Trinajstić information content (AvgIpc) is 2.13. The molecule has 104 valence electrons. The smallest absolute Gasteiger partial charge is 0.222 e. The van der Waals surface area contributed by atoms with Crippen LogP contribution >= 0.6 is 0 Å². The van der Waals surface area contributed by atoms with E-state index in [9.17, 15) is 0 Å². The molecule has 0 aromatic carbocycles. The van der Waals surface area contributed by atoms with Crippen LogP contribution in [-0.2, 0) is 0 Å². The van der Waals surface area contributed by atoms with Crippen LogP contribution in [0.1, 0.15) is 56.6 Å². The third-order valence-electron chi connectivity index (χ3n) is 2.11. The molecule has 0 radical (unpaired) electrons. The van der Waals surface area contributed by atoms with E-state index in [1.807, 2.05) is 0 Å². The molecule has 0 fully saturated rings. The number of aryl methyl sites for hydroxylation is 1. The zero-order valence-electron chi connectivity index (χ0n) is 11.2. The second-order valence-electron chi connectivity index (χ2n) is 4.63. The van der Waals surface area contributed by atoms with Crippen LogP contribution < -0.4 is 18.6 Å². The van der Waals surface area contributed by atoms with E-state index in [1.54, 1.807) is 0 Å². The molecule has 1 heterocycles. The molecule has 5 nitrogen and oxygen atoms in total. The maximum Gasteiger partial charge on any atom is 0.332 e. The van der Waals surface area contributed by atoms with Crippen LogP contribution in [0.15, 0.2) is 16.5 Å². The lowest BCUT2D eigenvalue weighted by Crippen LogP contribution is -2.68. The number of hydrogen-bond acceptors (Lipinski definition) is 4. The molecular weight excluding hydrogens is 260 g/mol. The quantitative estimate of drug-likeness (QED) is 0.669. The highest BCUT2D eigenvalue weighted by molar-refractivity contribution is 5.19. The van der Waals surface area contributed by atoms with Crippen LogP contribution in [0, 0.1) is 17.2 Å². The van der Waals surface area contributed by atoms with E-state index in [1.165, 1.54) is 5.56 Å². The lowest BCUT2D eigenvalue weighted by Gasteiger charge is -2.17. The maximum atomic E-state index is 8.49. The van der Waals surface area contributed by atoms with Gasteiger partial charge < -0.3 is 0 Å². The Balaban J connectivity index is 0.000000494. The fourth-order valence-corrected chi connectivity index (χ4v) is 1.25. The minimum Gasteiger partial charge on any atom is -0.222 e. The van der Waals surface area contributed by atoms with Crippen molar-refractivity contribution in [2.45, 2.75) is 46.5 Å². The van der Waals surface area contributed by atoms with Crippen molar-refractivity contribution in [2.24, 2.45) is 0 Å². The summed E-state index contributed by atoms with van der Waals surface area (Å²) in [4.78, 5) is 0. The Hall–Kier alpha value is -0.720. The van der Waals surface area contributed by atoms with Gasteiger partial charge in [0, 0.05) is 12.1 Å². The Labute approximate surface area is 109 Å². The van der Waals surface area contributed by atoms with Gasteiger partial charge in [-0.15, -0.1) is 10.2 Å². The van der Waals surface area contributed by atoms with Gasteiger partial charge in [0.25, 0.3) is 0 Å². The molecule has 0 unspecified atom stereocenters. The summed E-state index contributed by atoms with van der Waals surface area (Å²) in [6, 6.07) is 4.24. The second kappa shape index (κ2) is 7.01. The second-order valence-corrected chi connectivity index (χ2v) is 5.38. The molecule has 0 saturated carbocycles. The summed E-state index contributed by atoms with van der Waals surface area (Å²) in [6.07, 6.45) is 0. The standard InChI is InChI=1S/C12H19O.ClHO4/c1-8(2)11-6-10(5)7-12(13-11)9(3)4;2-1(3,4)5/h6-9H,1-5H3;(H,2,3,4,5)/q+1;/p-1. The van der Waals surface area contributed by atoms with Crippen molar-refractivity contribution in [1.29, 1.82) is 0 Å². The van der Waals surface area contributed by atoms with E-state index in [-0.39, 0.29) is 0 Å². The fraction of sp³-hybridized carbons (Fsp3) is 0.583. The zero-order valence-corrected chi connectivity index (χ0v) is 12.0. The molecule has 0 spiro atoms. The SMILES string of the molecule is Cc1cc(C(C)C)[o+]c(C(C)C)c1.[O-][Cl+3]([O-])([O-])[O-]. The van der Waals surface area contributed by atoms with Crippen molar-refractivity contribution < 1.29 is 33.3 Å². The van der Waals surface area contributed by atoms with Gasteiger partial charge >= 0.3 is 11.5 Å². The van der Waals surface area contributed by atoms with Gasteiger partial charge in [0.05, 0.1) is 11.8 Å². The summed E-state index contributed by atoms with van der Waals surface area (Å²) < 4.78 is 39.8. The molecule has 0 N–H and O–H groups in total. The lowest BCUT2D eigenvalue weighted by molar-refractivity contribution is -2.00. The summed E-state index contributed by atoms with van der Waals surface area (Å²) in [5.74, 6) is 3.11. The zero-order chi connectivity index (χ0) is 14.5. The fourth-order valence-electron chi connectivity index (χ4n) is 1.25. The van der Waals surface area contributed by atoms with Gasteiger partial charge in [0.15, 0.2) is 0 Å². The van der Waals surface area contributed by atoms with Crippen molar-refractivity contribution in [2.75, 3.05) is 0 Å². The number of hydrogen-bond donors (Lipinski definition) is 0. The number of rotatable bonds is 2. The minimum atomic E-state index is -4.94. The van der Waals surface area contributed by atoms with Gasteiger partial charge in [-0.2, -0.15) is 0 Å². The van der Waals surface area contributed by atoms with Crippen molar-refractivity contribution in [3.8, 4) is 0 Å². The normalized spacial score (nSPS) is 11.5. The Kier molecular flexibility index (Phi) is 6.73. The van der Waals surface area contributed by atoms with Gasteiger partial charge in [-0.25, -0.2) is 23.1 Å². The minimum absolute atomic E-state index is 0.470. The molecule has 1 aromatic heterocycles. The Bertz CT molecular complexity index is 339. The maximum absolute atomic E-state index is 8.49. The molecule has 18 heavy (non-hydrogen) atoms. The largest absolute Gasteiger partial charge is 0.332 e. The highest BCUT2D eigenvalue weighted by atomic mass is 35.7. The molecule has 1 rings (SSSR count). The van der Waals surface area contributed by atoms with Crippen LogP contribution in [0.4, 0.5) is 0 Å². The van der Waals surface area contributed by atoms with Crippen LogP contribution in [0.25, 0.3) is 0 Å². The molecule has 6 heteroatoms. The van der Waals surface area contributed by atoms with Gasteiger partial charge in [-0.05, 0) is 12.5 Å². The predicted octanol–water partition coefficient (Wildman–Crippen LogP) is -0.640. The van der Waals surface area contributed by atoms with Gasteiger partial charge in [0.1, 0.15) is 0 Å². The molecule has 1 aromatic rings. The van der Waals surface area contributed by atoms with Crippen LogP contribution in [0.3, 0.4) is 0 Å². The molecular formula is C12H19ClO5. The predicted molar refractivity (Wildman–Crippen MR) is 56.0 cm³/mol. The van der Waals surface area contributed by atoms with E-state index < -0.39 is 10.2 Å². The molecule has 0 aliphatic carbocycles. The topological polar surface area (TPSA) is 104 Å². The first-order valence-corrected chi connectivity index (χ1v) is 6.80. The highest BCUT2D eigenvalue weighted by Crippen LogP contribution is 2.22. The average molecular weight is 279 g/mol. The first-order chi connectivity index (χ1) is 8.00. The van der Waals surface area contributed by atoms with Gasteiger partial charge in [0.2, 0.25) is 0 Å². The van der Waals surface area contributed by atoms with E-state index in [2.05, 4.69) is 46.8 Å². The van der Waals surface area contributed by atoms with Crippen LogP contribution in [-0.4, -0.2) is 0 Å². The van der Waals surface area contributed by atoms with E-state index in [0.717, 1.165) is 11.5 Å². The van der Waals surface area contributed by atoms with Crippen molar-refractivity contribution in [3.63, 3.8) is 0 Å².